The van der Waals surface area contributed by atoms with E-state index < -0.39 is 0 Å². The first-order valence-electron chi connectivity index (χ1n) is 6.09. The maximum atomic E-state index is 3.89. The molecule has 0 radical (unpaired) electrons. The van der Waals surface area contributed by atoms with E-state index in [0.29, 0.717) is 0 Å². The lowest BCUT2D eigenvalue weighted by molar-refractivity contribution is 1.12. The highest BCUT2D eigenvalue weighted by molar-refractivity contribution is 5.90. The minimum atomic E-state index is 1.17. The Labute approximate surface area is 107 Å². The molecule has 3 aromatic rings. The van der Waals surface area contributed by atoms with Crippen LogP contribution in [0.15, 0.2) is 61.3 Å². The summed E-state index contributed by atoms with van der Waals surface area (Å²) < 4.78 is 2.21. The highest BCUT2D eigenvalue weighted by Crippen LogP contribution is 2.25. The maximum absolute atomic E-state index is 3.89. The normalized spacial score (nSPS) is 10.7. The Kier molecular flexibility index (Phi) is 2.52. The third kappa shape index (κ3) is 1.65. The van der Waals surface area contributed by atoms with Gasteiger partial charge in [0.2, 0.25) is 0 Å². The Hall–Kier alpha value is -2.28. The van der Waals surface area contributed by atoms with Gasteiger partial charge in [0.15, 0.2) is 0 Å². The summed E-state index contributed by atoms with van der Waals surface area (Å²) in [4.78, 5) is 0. The van der Waals surface area contributed by atoms with Crippen LogP contribution in [0.2, 0.25) is 0 Å². The molecule has 2 aromatic carbocycles. The second-order valence-corrected chi connectivity index (χ2v) is 4.51. The van der Waals surface area contributed by atoms with Crippen molar-refractivity contribution in [2.75, 3.05) is 0 Å². The highest BCUT2D eigenvalue weighted by atomic mass is 15.0. The zero-order valence-corrected chi connectivity index (χ0v) is 10.4. The van der Waals surface area contributed by atoms with E-state index in [1.54, 1.807) is 0 Å². The van der Waals surface area contributed by atoms with Gasteiger partial charge in [0.1, 0.15) is 0 Å². The van der Waals surface area contributed by atoms with Gasteiger partial charge in [-0.2, -0.15) is 0 Å². The molecule has 0 aliphatic heterocycles. The zero-order valence-electron chi connectivity index (χ0n) is 10.4. The standard InChI is InChI=1S/C17H15N/c1-3-14-12-18(15-10-8-13(2)9-11-15)17-7-5-4-6-16(14)17/h3-12H,1H2,2H3. The fourth-order valence-electron chi connectivity index (χ4n) is 2.29. The van der Waals surface area contributed by atoms with E-state index in [9.17, 15) is 0 Å². The molecule has 0 aliphatic carbocycles. The first-order chi connectivity index (χ1) is 8.79. The number of aryl methyl sites for hydroxylation is 1. The monoisotopic (exact) mass is 233 g/mol. The van der Waals surface area contributed by atoms with Crippen LogP contribution in [0.5, 0.6) is 0 Å². The number of nitrogens with zero attached hydrogens (tertiary/aromatic N) is 1. The maximum Gasteiger partial charge on any atom is 0.0534 e. The molecular weight excluding hydrogens is 218 g/mol. The van der Waals surface area contributed by atoms with E-state index in [1.807, 2.05) is 6.08 Å². The van der Waals surface area contributed by atoms with E-state index in [-0.39, 0.29) is 0 Å². The molecule has 0 saturated heterocycles. The summed E-state index contributed by atoms with van der Waals surface area (Å²) in [7, 11) is 0. The number of fused-ring (bicyclic) bond motifs is 1. The summed E-state index contributed by atoms with van der Waals surface area (Å²) in [6.07, 6.45) is 4.05. The summed E-state index contributed by atoms with van der Waals surface area (Å²) in [6.45, 7) is 5.99. The molecule has 0 spiro atoms. The third-order valence-electron chi connectivity index (χ3n) is 3.27. The van der Waals surface area contributed by atoms with Gasteiger partial charge >= 0.3 is 0 Å². The first-order valence-corrected chi connectivity index (χ1v) is 6.09. The van der Waals surface area contributed by atoms with Crippen molar-refractivity contribution in [3.05, 3.63) is 72.4 Å². The van der Waals surface area contributed by atoms with Gasteiger partial charge in [-0.05, 0) is 30.7 Å². The molecule has 1 aromatic heterocycles. The minimum absolute atomic E-state index is 1.17. The van der Waals surface area contributed by atoms with Crippen molar-refractivity contribution in [3.63, 3.8) is 0 Å². The fraction of sp³-hybridized carbons (Fsp3) is 0.0588. The zero-order chi connectivity index (χ0) is 12.5. The molecule has 0 aliphatic rings. The Morgan fingerprint density at radius 1 is 1.00 bits per heavy atom. The fourth-order valence-corrected chi connectivity index (χ4v) is 2.29. The van der Waals surface area contributed by atoms with E-state index >= 15 is 0 Å². The van der Waals surface area contributed by atoms with Crippen molar-refractivity contribution in [2.45, 2.75) is 6.92 Å². The number of benzene rings is 2. The summed E-state index contributed by atoms with van der Waals surface area (Å²) in [5, 5.41) is 1.24. The van der Waals surface area contributed by atoms with Crippen LogP contribution in [0.1, 0.15) is 11.1 Å². The number of rotatable bonds is 2. The van der Waals surface area contributed by atoms with Crippen LogP contribution in [0, 0.1) is 6.92 Å². The van der Waals surface area contributed by atoms with Gasteiger partial charge in [0.25, 0.3) is 0 Å². The largest absolute Gasteiger partial charge is 0.316 e. The van der Waals surface area contributed by atoms with Gasteiger partial charge in [-0.15, -0.1) is 0 Å². The summed E-state index contributed by atoms with van der Waals surface area (Å²) in [5.41, 5.74) is 4.85. The second kappa shape index (κ2) is 4.19. The van der Waals surface area contributed by atoms with Gasteiger partial charge in [-0.1, -0.05) is 48.6 Å². The Bertz CT molecular complexity index is 702. The molecule has 0 bridgehead atoms. The average molecular weight is 233 g/mol. The molecule has 0 fully saturated rings. The quantitative estimate of drug-likeness (QED) is 0.610. The SMILES string of the molecule is C=Cc1cn(-c2ccc(C)cc2)c2ccccc12. The van der Waals surface area contributed by atoms with Gasteiger partial charge in [-0.25, -0.2) is 0 Å². The summed E-state index contributed by atoms with van der Waals surface area (Å²) in [6, 6.07) is 17.0. The van der Waals surface area contributed by atoms with E-state index in [4.69, 9.17) is 0 Å². The van der Waals surface area contributed by atoms with Gasteiger partial charge in [0.05, 0.1) is 5.52 Å². The number of hydrogen-bond donors (Lipinski definition) is 0. The summed E-state index contributed by atoms with van der Waals surface area (Å²) >= 11 is 0. The molecule has 0 amide bonds. The molecule has 1 nitrogen and oxygen atoms in total. The van der Waals surface area contributed by atoms with E-state index in [1.165, 1.54) is 27.7 Å². The van der Waals surface area contributed by atoms with Crippen molar-refractivity contribution in [2.24, 2.45) is 0 Å². The predicted octanol–water partition coefficient (Wildman–Crippen LogP) is 4.58. The van der Waals surface area contributed by atoms with Crippen LogP contribution in [0.3, 0.4) is 0 Å². The molecule has 1 heteroatoms. The molecule has 3 rings (SSSR count). The average Bonchev–Trinajstić information content (AvgIpc) is 2.79. The van der Waals surface area contributed by atoms with Crippen molar-refractivity contribution < 1.29 is 0 Å². The Morgan fingerprint density at radius 3 is 2.44 bits per heavy atom. The number of hydrogen-bond acceptors (Lipinski definition) is 0. The first kappa shape index (κ1) is 10.8. The van der Waals surface area contributed by atoms with Crippen LogP contribution in [0.25, 0.3) is 22.7 Å². The van der Waals surface area contributed by atoms with Crippen LogP contribution in [-0.4, -0.2) is 4.57 Å². The predicted molar refractivity (Wildman–Crippen MR) is 78.1 cm³/mol. The molecule has 0 saturated carbocycles. The van der Waals surface area contributed by atoms with Crippen molar-refractivity contribution in [1.82, 2.24) is 4.57 Å². The third-order valence-corrected chi connectivity index (χ3v) is 3.27. The Balaban J connectivity index is 2.29. The van der Waals surface area contributed by atoms with Crippen molar-refractivity contribution in [3.8, 4) is 5.69 Å². The molecule has 18 heavy (non-hydrogen) atoms. The number of para-hydroxylation sites is 1. The molecule has 0 unspecified atom stereocenters. The smallest absolute Gasteiger partial charge is 0.0534 e. The molecular formula is C17H15N. The van der Waals surface area contributed by atoms with Gasteiger partial charge in [0, 0.05) is 17.3 Å². The van der Waals surface area contributed by atoms with Crippen molar-refractivity contribution >= 4 is 17.0 Å². The lowest BCUT2D eigenvalue weighted by Gasteiger charge is -2.05. The van der Waals surface area contributed by atoms with Gasteiger partial charge < -0.3 is 4.57 Å². The van der Waals surface area contributed by atoms with Crippen LogP contribution in [0.4, 0.5) is 0 Å². The minimum Gasteiger partial charge on any atom is -0.316 e. The van der Waals surface area contributed by atoms with E-state index in [2.05, 4.69) is 72.8 Å². The lowest BCUT2D eigenvalue weighted by atomic mass is 10.2. The topological polar surface area (TPSA) is 4.93 Å². The molecule has 0 N–H and O–H groups in total. The Morgan fingerprint density at radius 2 is 1.72 bits per heavy atom. The summed E-state index contributed by atoms with van der Waals surface area (Å²) in [5.74, 6) is 0. The van der Waals surface area contributed by atoms with Crippen molar-refractivity contribution in [1.29, 1.82) is 0 Å². The van der Waals surface area contributed by atoms with Crippen LogP contribution < -0.4 is 0 Å². The van der Waals surface area contributed by atoms with Crippen LogP contribution >= 0.6 is 0 Å². The number of aromatic nitrogens is 1. The van der Waals surface area contributed by atoms with E-state index in [0.717, 1.165) is 0 Å². The van der Waals surface area contributed by atoms with Crippen LogP contribution in [-0.2, 0) is 0 Å². The highest BCUT2D eigenvalue weighted by Gasteiger charge is 2.06. The molecule has 0 atom stereocenters. The van der Waals surface area contributed by atoms with Gasteiger partial charge in [-0.3, -0.25) is 0 Å². The second-order valence-electron chi connectivity index (χ2n) is 4.51. The molecule has 88 valence electrons. The molecule has 1 heterocycles. The lowest BCUT2D eigenvalue weighted by Crippen LogP contribution is -1.91.